The highest BCUT2D eigenvalue weighted by Gasteiger charge is 2.35. The number of fused-ring (bicyclic) bond motifs is 2. The molecule has 7 rings (SSSR count). The molecule has 2 unspecified atom stereocenters. The highest BCUT2D eigenvalue weighted by Crippen LogP contribution is 2.35. The third-order valence-corrected chi connectivity index (χ3v) is 9.64. The fraction of sp³-hybridized carbons (Fsp3) is 0.439. The Hall–Kier alpha value is -5.64. The van der Waals surface area contributed by atoms with Crippen LogP contribution in [0.1, 0.15) is 50.4 Å². The quantitative estimate of drug-likeness (QED) is 0.206. The van der Waals surface area contributed by atoms with Crippen molar-refractivity contribution in [2.24, 2.45) is 0 Å². The number of nitriles is 1. The third-order valence-electron chi connectivity index (χ3n) is 9.64. The Morgan fingerprint density at radius 2 is 1.67 bits per heavy atom. The highest BCUT2D eigenvalue weighted by atomic mass is 19.1. The molecule has 2 saturated heterocycles. The second-order valence-corrected chi connectivity index (χ2v) is 14.6. The molecule has 2 fully saturated rings. The molecule has 4 heterocycles. The van der Waals surface area contributed by atoms with Gasteiger partial charge in [0.15, 0.2) is 0 Å². The van der Waals surface area contributed by atoms with Gasteiger partial charge in [0.2, 0.25) is 0 Å². The summed E-state index contributed by atoms with van der Waals surface area (Å²) in [6, 6.07) is 26.7. The van der Waals surface area contributed by atoms with E-state index in [0.717, 1.165) is 35.6 Å². The molecule has 0 bridgehead atoms. The van der Waals surface area contributed by atoms with Gasteiger partial charge < -0.3 is 33.8 Å². The third kappa shape index (κ3) is 9.28. The van der Waals surface area contributed by atoms with Crippen LogP contribution in [0.2, 0.25) is 0 Å². The van der Waals surface area contributed by atoms with Crippen molar-refractivity contribution < 1.29 is 28.2 Å². The van der Waals surface area contributed by atoms with Gasteiger partial charge in [-0.25, -0.2) is 14.0 Å². The van der Waals surface area contributed by atoms with E-state index in [4.69, 9.17) is 24.2 Å². The van der Waals surface area contributed by atoms with Crippen LogP contribution in [0, 0.1) is 11.3 Å². The number of anilines is 2. The van der Waals surface area contributed by atoms with Gasteiger partial charge >= 0.3 is 18.2 Å². The molecule has 3 aromatic carbocycles. The Morgan fingerprint density at radius 3 is 2.39 bits per heavy atom. The summed E-state index contributed by atoms with van der Waals surface area (Å²) in [4.78, 5) is 41.5. The molecule has 0 aliphatic carbocycles. The second-order valence-electron chi connectivity index (χ2n) is 14.6. The zero-order valence-corrected chi connectivity index (χ0v) is 31.4. The summed E-state index contributed by atoms with van der Waals surface area (Å²) >= 11 is 0. The van der Waals surface area contributed by atoms with Gasteiger partial charge in [-0.2, -0.15) is 15.2 Å². The number of alkyl halides is 1. The number of likely N-dealkylation sites (tertiary alicyclic amines) is 1. The van der Waals surface area contributed by atoms with Crippen molar-refractivity contribution in [3.05, 3.63) is 89.6 Å². The number of halogens is 1. The number of piperazine rings is 1. The predicted molar refractivity (Wildman–Crippen MR) is 204 cm³/mol. The summed E-state index contributed by atoms with van der Waals surface area (Å²) in [5.41, 5.74) is 3.65. The Kier molecular flexibility index (Phi) is 12.0. The number of ether oxygens (including phenoxy) is 3. The van der Waals surface area contributed by atoms with Gasteiger partial charge in [0, 0.05) is 49.4 Å². The largest absolute Gasteiger partial charge is 0.467 e. The molecule has 0 saturated carbocycles. The molecule has 3 aliphatic rings. The van der Waals surface area contributed by atoms with Crippen molar-refractivity contribution in [3.8, 4) is 12.1 Å². The van der Waals surface area contributed by atoms with Crippen molar-refractivity contribution in [2.75, 3.05) is 56.2 Å². The first kappa shape index (κ1) is 38.1. The van der Waals surface area contributed by atoms with Crippen molar-refractivity contribution in [2.45, 2.75) is 71.0 Å². The Morgan fingerprint density at radius 1 is 0.907 bits per heavy atom. The number of carbonyl (C=O) groups excluding carboxylic acids is 2. The van der Waals surface area contributed by atoms with E-state index in [-0.39, 0.29) is 25.6 Å². The lowest BCUT2D eigenvalue weighted by molar-refractivity contribution is 0.0284. The minimum atomic E-state index is -0.882. The summed E-state index contributed by atoms with van der Waals surface area (Å²) in [6.07, 6.45) is -0.280. The Bertz CT molecular complexity index is 1960. The van der Waals surface area contributed by atoms with E-state index in [1.807, 2.05) is 30.3 Å². The van der Waals surface area contributed by atoms with Crippen LogP contribution >= 0.6 is 0 Å². The molecule has 13 heteroatoms. The lowest BCUT2D eigenvalue weighted by Gasteiger charge is -2.41. The van der Waals surface area contributed by atoms with E-state index >= 15 is 0 Å². The molecule has 2 amide bonds. The molecule has 3 aliphatic heterocycles. The van der Waals surface area contributed by atoms with Gasteiger partial charge in [0.1, 0.15) is 24.2 Å². The van der Waals surface area contributed by atoms with Crippen LogP contribution in [-0.4, -0.2) is 96.1 Å². The van der Waals surface area contributed by atoms with Crippen LogP contribution in [0.25, 0.3) is 10.8 Å². The number of hydrogen-bond donors (Lipinski definition) is 0. The first-order valence-corrected chi connectivity index (χ1v) is 18.4. The zero-order chi connectivity index (χ0) is 38.2. The van der Waals surface area contributed by atoms with Gasteiger partial charge in [-0.3, -0.25) is 0 Å². The summed E-state index contributed by atoms with van der Waals surface area (Å²) in [6.45, 7) is 9.20. The van der Waals surface area contributed by atoms with Crippen molar-refractivity contribution in [1.29, 1.82) is 5.26 Å². The molecular formula is C41H48FN7O5. The molecule has 2 atom stereocenters. The number of benzene rings is 3. The van der Waals surface area contributed by atoms with Crippen LogP contribution in [0.5, 0.6) is 6.01 Å². The van der Waals surface area contributed by atoms with Crippen molar-refractivity contribution in [1.82, 2.24) is 19.8 Å². The number of amides is 2. The number of rotatable bonds is 6. The number of aromatic nitrogens is 2. The van der Waals surface area contributed by atoms with E-state index in [9.17, 15) is 19.2 Å². The molecular weight excluding hydrogens is 689 g/mol. The van der Waals surface area contributed by atoms with Crippen LogP contribution in [0.3, 0.4) is 0 Å². The second kappa shape index (κ2) is 17.0. The molecule has 284 valence electrons. The first-order valence-electron chi connectivity index (χ1n) is 18.4. The Labute approximate surface area is 316 Å². The summed E-state index contributed by atoms with van der Waals surface area (Å²) < 4.78 is 28.9. The van der Waals surface area contributed by atoms with Crippen LogP contribution < -0.4 is 14.5 Å². The van der Waals surface area contributed by atoms with Gasteiger partial charge in [-0.1, -0.05) is 66.7 Å². The molecule has 54 heavy (non-hydrogen) atoms. The van der Waals surface area contributed by atoms with E-state index in [1.54, 1.807) is 32.8 Å². The fourth-order valence-electron chi connectivity index (χ4n) is 7.01. The number of carbonyl (C=O) groups is 2. The summed E-state index contributed by atoms with van der Waals surface area (Å²) in [5, 5.41) is 12.0. The molecule has 1 aromatic heterocycles. The lowest BCUT2D eigenvalue weighted by Crippen LogP contribution is -2.55. The smallest absolute Gasteiger partial charge is 0.410 e. The monoisotopic (exact) mass is 737 g/mol. The van der Waals surface area contributed by atoms with Gasteiger partial charge in [-0.05, 0) is 50.6 Å². The minimum absolute atomic E-state index is 0.176. The standard InChI is InChI=1S/C32H32N6O3.C9H16FNO2/c1-40-31-34-28-21-36(29-13-7-11-24-10-5-6-12-26(24)29)17-15-27(28)30(35-31)37-18-19-38(25(20-37)14-16-33)32(39)41-22-23-8-3-2-4-9-23;1-9(2,3)13-8(12)11-5-4-7(10)6-11/h2-13,25H,14-15,17-22H2,1H3;7H,4-6H2,1-3H3. The average molecular weight is 738 g/mol. The Balaban J connectivity index is 0.000000325. The maximum atomic E-state index is 13.0. The van der Waals surface area contributed by atoms with Gasteiger partial charge in [0.25, 0.3) is 0 Å². The van der Waals surface area contributed by atoms with Gasteiger partial charge in [-0.15, -0.1) is 0 Å². The van der Waals surface area contributed by atoms with Crippen LogP contribution in [0.15, 0.2) is 72.8 Å². The van der Waals surface area contributed by atoms with E-state index in [2.05, 4.69) is 58.3 Å². The topological polar surface area (TPSA) is 124 Å². The first-order chi connectivity index (χ1) is 26.0. The van der Waals surface area contributed by atoms with E-state index in [1.165, 1.54) is 21.4 Å². The summed E-state index contributed by atoms with van der Waals surface area (Å²) in [7, 11) is 1.58. The maximum absolute atomic E-state index is 13.0. The summed E-state index contributed by atoms with van der Waals surface area (Å²) in [5.74, 6) is 0.824. The molecule has 0 N–H and O–H groups in total. The molecule has 0 spiro atoms. The number of nitrogens with zero attached hydrogens (tertiary/aromatic N) is 7. The van der Waals surface area contributed by atoms with Crippen LogP contribution in [-0.2, 0) is 29.0 Å². The minimum Gasteiger partial charge on any atom is -0.467 e. The molecule has 4 aromatic rings. The van der Waals surface area contributed by atoms with E-state index < -0.39 is 24.0 Å². The molecule has 0 radical (unpaired) electrons. The fourth-order valence-corrected chi connectivity index (χ4v) is 7.01. The van der Waals surface area contributed by atoms with Crippen LogP contribution in [0.4, 0.5) is 25.5 Å². The predicted octanol–water partition coefficient (Wildman–Crippen LogP) is 6.91. The highest BCUT2D eigenvalue weighted by molar-refractivity contribution is 5.94. The maximum Gasteiger partial charge on any atom is 0.410 e. The SMILES string of the molecule is CC(C)(C)OC(=O)N1CCC(F)C1.COc1nc2c(c(N3CCN(C(=O)OCc4ccccc4)C(CC#N)C3)n1)CCN(c1cccc3ccccc13)C2. The van der Waals surface area contributed by atoms with Crippen molar-refractivity contribution in [3.63, 3.8) is 0 Å². The normalized spacial score (nSPS) is 18.3. The van der Waals surface area contributed by atoms with Gasteiger partial charge in [0.05, 0.1) is 44.4 Å². The van der Waals surface area contributed by atoms with E-state index in [0.29, 0.717) is 45.2 Å². The lowest BCUT2D eigenvalue weighted by atomic mass is 10.0. The molecule has 12 nitrogen and oxygen atoms in total. The zero-order valence-electron chi connectivity index (χ0n) is 31.4. The average Bonchev–Trinajstić information content (AvgIpc) is 3.62. The number of methoxy groups -OCH3 is 1. The number of hydrogen-bond acceptors (Lipinski definition) is 10. The van der Waals surface area contributed by atoms with Crippen molar-refractivity contribution >= 4 is 34.5 Å².